The minimum absolute atomic E-state index is 0.0275. The monoisotopic (exact) mass is 409 g/mol. The number of nitrogens with one attached hydrogen (secondary N) is 1. The van der Waals surface area contributed by atoms with Crippen molar-refractivity contribution >= 4 is 33.6 Å². The molecule has 6 heteroatoms. The van der Waals surface area contributed by atoms with Gasteiger partial charge in [0.25, 0.3) is 0 Å². The molecule has 0 saturated heterocycles. The molecular formula is C18H20BrNO3S. The summed E-state index contributed by atoms with van der Waals surface area (Å²) in [6.07, 6.45) is 0. The first-order chi connectivity index (χ1) is 11.5. The average Bonchev–Trinajstić information content (AvgIpc) is 2.60. The Bertz CT molecular complexity index is 691. The van der Waals surface area contributed by atoms with Gasteiger partial charge >= 0.3 is 0 Å². The fourth-order valence-corrected chi connectivity index (χ4v) is 3.19. The first-order valence-corrected chi connectivity index (χ1v) is 9.21. The number of halogens is 1. The fourth-order valence-electron chi connectivity index (χ4n) is 2.22. The van der Waals surface area contributed by atoms with Crippen LogP contribution in [0.4, 0.5) is 0 Å². The van der Waals surface area contributed by atoms with Crippen LogP contribution in [0.5, 0.6) is 11.5 Å². The van der Waals surface area contributed by atoms with E-state index in [4.69, 9.17) is 9.47 Å². The Labute approximate surface area is 155 Å². The highest BCUT2D eigenvalue weighted by atomic mass is 79.9. The van der Waals surface area contributed by atoms with Crippen molar-refractivity contribution < 1.29 is 14.3 Å². The number of rotatable bonds is 7. The molecule has 2 aromatic rings. The molecule has 0 aliphatic carbocycles. The highest BCUT2D eigenvalue weighted by Crippen LogP contribution is 2.29. The van der Waals surface area contributed by atoms with Crippen LogP contribution >= 0.6 is 27.7 Å². The molecule has 0 aromatic heterocycles. The number of amides is 1. The standard InChI is InChI=1S/C18H20BrNO3S/c1-12(16-10-14(22-2)6-9-17(16)23-3)20-18(21)11-24-15-7-4-13(19)5-8-15/h4-10,12H,11H2,1-3H3,(H,20,21)/t12-/m0/s1. The van der Waals surface area contributed by atoms with E-state index in [9.17, 15) is 4.79 Å². The molecule has 1 atom stereocenters. The molecule has 128 valence electrons. The predicted octanol–water partition coefficient (Wildman–Crippen LogP) is 4.44. The smallest absolute Gasteiger partial charge is 0.230 e. The number of methoxy groups -OCH3 is 2. The van der Waals surface area contributed by atoms with E-state index in [1.54, 1.807) is 14.2 Å². The maximum Gasteiger partial charge on any atom is 0.230 e. The minimum atomic E-state index is -0.173. The molecule has 1 N–H and O–H groups in total. The maximum atomic E-state index is 12.2. The summed E-state index contributed by atoms with van der Waals surface area (Å²) in [7, 11) is 3.23. The normalized spacial score (nSPS) is 11.7. The third kappa shape index (κ3) is 5.18. The molecular weight excluding hydrogens is 390 g/mol. The molecule has 0 bridgehead atoms. The number of benzene rings is 2. The lowest BCUT2D eigenvalue weighted by molar-refractivity contribution is -0.119. The Kier molecular flexibility index (Phi) is 6.99. The third-order valence-electron chi connectivity index (χ3n) is 3.46. The van der Waals surface area contributed by atoms with Gasteiger partial charge in [-0.25, -0.2) is 0 Å². The van der Waals surface area contributed by atoms with Crippen molar-refractivity contribution in [3.8, 4) is 11.5 Å². The van der Waals surface area contributed by atoms with E-state index in [2.05, 4.69) is 21.2 Å². The average molecular weight is 410 g/mol. The van der Waals surface area contributed by atoms with Crippen molar-refractivity contribution in [2.75, 3.05) is 20.0 Å². The second-order valence-electron chi connectivity index (χ2n) is 5.14. The van der Waals surface area contributed by atoms with E-state index in [0.717, 1.165) is 26.4 Å². The van der Waals surface area contributed by atoms with Crippen LogP contribution in [0, 0.1) is 0 Å². The van der Waals surface area contributed by atoms with Crippen LogP contribution in [0.15, 0.2) is 51.8 Å². The van der Waals surface area contributed by atoms with Gasteiger partial charge in [0.15, 0.2) is 0 Å². The third-order valence-corrected chi connectivity index (χ3v) is 5.01. The van der Waals surface area contributed by atoms with Crippen LogP contribution in [0.2, 0.25) is 0 Å². The van der Waals surface area contributed by atoms with Crippen LogP contribution in [-0.2, 0) is 4.79 Å². The molecule has 0 heterocycles. The van der Waals surface area contributed by atoms with Crippen molar-refractivity contribution in [1.29, 1.82) is 0 Å². The Morgan fingerprint density at radius 3 is 2.50 bits per heavy atom. The van der Waals surface area contributed by atoms with E-state index >= 15 is 0 Å². The number of hydrogen-bond acceptors (Lipinski definition) is 4. The Morgan fingerprint density at radius 2 is 1.88 bits per heavy atom. The summed E-state index contributed by atoms with van der Waals surface area (Å²) in [5.41, 5.74) is 0.888. The van der Waals surface area contributed by atoms with Gasteiger partial charge in [0.05, 0.1) is 26.0 Å². The molecule has 1 amide bonds. The van der Waals surface area contributed by atoms with Crippen LogP contribution in [0.1, 0.15) is 18.5 Å². The number of carbonyl (C=O) groups is 1. The molecule has 0 aliphatic heterocycles. The second kappa shape index (κ2) is 8.99. The molecule has 2 aromatic carbocycles. The summed E-state index contributed by atoms with van der Waals surface area (Å²) < 4.78 is 11.6. The van der Waals surface area contributed by atoms with Gasteiger partial charge in [-0.15, -0.1) is 11.8 Å². The molecule has 4 nitrogen and oxygen atoms in total. The Morgan fingerprint density at radius 1 is 1.17 bits per heavy atom. The van der Waals surface area contributed by atoms with E-state index in [0.29, 0.717) is 5.75 Å². The molecule has 0 aliphatic rings. The van der Waals surface area contributed by atoms with E-state index in [1.807, 2.05) is 49.4 Å². The van der Waals surface area contributed by atoms with Gasteiger partial charge in [0.2, 0.25) is 5.91 Å². The summed E-state index contributed by atoms with van der Waals surface area (Å²) >= 11 is 4.90. The summed E-state index contributed by atoms with van der Waals surface area (Å²) in [4.78, 5) is 13.3. The van der Waals surface area contributed by atoms with Crippen LogP contribution in [0.25, 0.3) is 0 Å². The molecule has 0 spiro atoms. The van der Waals surface area contributed by atoms with Gasteiger partial charge in [0, 0.05) is 14.9 Å². The van der Waals surface area contributed by atoms with Crippen molar-refractivity contribution in [2.24, 2.45) is 0 Å². The number of thioether (sulfide) groups is 1. The van der Waals surface area contributed by atoms with Crippen LogP contribution in [-0.4, -0.2) is 25.9 Å². The molecule has 24 heavy (non-hydrogen) atoms. The zero-order valence-electron chi connectivity index (χ0n) is 13.8. The Hall–Kier alpha value is -1.66. The van der Waals surface area contributed by atoms with Crippen molar-refractivity contribution in [3.05, 3.63) is 52.5 Å². The number of carbonyl (C=O) groups excluding carboxylic acids is 1. The summed E-state index contributed by atoms with van der Waals surface area (Å²) in [6.45, 7) is 1.93. The Balaban J connectivity index is 1.97. The van der Waals surface area contributed by atoms with Crippen LogP contribution < -0.4 is 14.8 Å². The zero-order valence-corrected chi connectivity index (χ0v) is 16.2. The first kappa shape index (κ1) is 18.7. The van der Waals surface area contributed by atoms with E-state index in [1.165, 1.54) is 11.8 Å². The largest absolute Gasteiger partial charge is 0.497 e. The van der Waals surface area contributed by atoms with Gasteiger partial charge in [-0.05, 0) is 49.4 Å². The summed E-state index contributed by atoms with van der Waals surface area (Å²) in [5, 5.41) is 3.00. The molecule has 0 radical (unpaired) electrons. The summed E-state index contributed by atoms with van der Waals surface area (Å²) in [5.74, 6) is 1.79. The highest BCUT2D eigenvalue weighted by molar-refractivity contribution is 9.10. The fraction of sp³-hybridized carbons (Fsp3) is 0.278. The van der Waals surface area contributed by atoms with E-state index in [-0.39, 0.29) is 11.9 Å². The quantitative estimate of drug-likeness (QED) is 0.686. The van der Waals surface area contributed by atoms with Gasteiger partial charge in [-0.3, -0.25) is 4.79 Å². The molecule has 2 rings (SSSR count). The van der Waals surface area contributed by atoms with E-state index < -0.39 is 0 Å². The van der Waals surface area contributed by atoms with Crippen molar-refractivity contribution in [2.45, 2.75) is 17.9 Å². The van der Waals surface area contributed by atoms with Gasteiger partial charge in [0.1, 0.15) is 11.5 Å². The van der Waals surface area contributed by atoms with Crippen LogP contribution in [0.3, 0.4) is 0 Å². The second-order valence-corrected chi connectivity index (χ2v) is 7.10. The molecule has 0 fully saturated rings. The summed E-state index contributed by atoms with van der Waals surface area (Å²) in [6, 6.07) is 13.3. The lowest BCUT2D eigenvalue weighted by atomic mass is 10.1. The maximum absolute atomic E-state index is 12.2. The van der Waals surface area contributed by atoms with Crippen molar-refractivity contribution in [1.82, 2.24) is 5.32 Å². The number of ether oxygens (including phenoxy) is 2. The molecule has 0 unspecified atom stereocenters. The lowest BCUT2D eigenvalue weighted by Gasteiger charge is -2.18. The zero-order chi connectivity index (χ0) is 17.5. The number of hydrogen-bond donors (Lipinski definition) is 1. The minimum Gasteiger partial charge on any atom is -0.497 e. The first-order valence-electron chi connectivity index (χ1n) is 7.43. The van der Waals surface area contributed by atoms with Gasteiger partial charge < -0.3 is 14.8 Å². The van der Waals surface area contributed by atoms with Crippen molar-refractivity contribution in [3.63, 3.8) is 0 Å². The topological polar surface area (TPSA) is 47.6 Å². The lowest BCUT2D eigenvalue weighted by Crippen LogP contribution is -2.28. The van der Waals surface area contributed by atoms with Gasteiger partial charge in [-0.1, -0.05) is 15.9 Å². The van der Waals surface area contributed by atoms with Gasteiger partial charge in [-0.2, -0.15) is 0 Å². The molecule has 0 saturated carbocycles. The predicted molar refractivity (Wildman–Crippen MR) is 101 cm³/mol. The highest BCUT2D eigenvalue weighted by Gasteiger charge is 2.15. The SMILES string of the molecule is COc1ccc(OC)c([C@H](C)NC(=O)CSc2ccc(Br)cc2)c1.